The summed E-state index contributed by atoms with van der Waals surface area (Å²) >= 11 is 0. The van der Waals surface area contributed by atoms with Gasteiger partial charge in [-0.1, -0.05) is 32.0 Å². The molecule has 1 saturated heterocycles. The molecule has 3 nitrogen and oxygen atoms in total. The summed E-state index contributed by atoms with van der Waals surface area (Å²) in [5.41, 5.74) is 2.75. The number of ether oxygens (including phenoxy) is 1. The first-order chi connectivity index (χ1) is 10.2. The van der Waals surface area contributed by atoms with E-state index in [-0.39, 0.29) is 0 Å². The average Bonchev–Trinajstić information content (AvgIpc) is 3.10. The van der Waals surface area contributed by atoms with Gasteiger partial charge in [-0.2, -0.15) is 0 Å². The van der Waals surface area contributed by atoms with Crippen molar-refractivity contribution in [3.8, 4) is 0 Å². The topological polar surface area (TPSA) is 26.2 Å². The monoisotopic (exact) mass is 286 g/mol. The van der Waals surface area contributed by atoms with Crippen molar-refractivity contribution in [2.75, 3.05) is 13.2 Å². The minimum atomic E-state index is 0.386. The zero-order valence-electron chi connectivity index (χ0n) is 13.1. The summed E-state index contributed by atoms with van der Waals surface area (Å²) in [6.45, 7) is 8.38. The predicted molar refractivity (Wildman–Crippen MR) is 87.5 cm³/mol. The first-order valence-electron chi connectivity index (χ1n) is 8.13. The van der Waals surface area contributed by atoms with Crippen LogP contribution in [0.15, 0.2) is 30.5 Å². The molecule has 1 aliphatic heterocycles. The number of hydrogen-bond acceptors (Lipinski definition) is 2. The molecule has 1 aromatic heterocycles. The van der Waals surface area contributed by atoms with Crippen molar-refractivity contribution < 1.29 is 4.74 Å². The summed E-state index contributed by atoms with van der Waals surface area (Å²) in [6, 6.07) is 8.82. The molecule has 0 spiro atoms. The maximum Gasteiger partial charge on any atom is 0.0754 e. The highest BCUT2D eigenvalue weighted by atomic mass is 16.5. The first-order valence-corrected chi connectivity index (χ1v) is 8.13. The van der Waals surface area contributed by atoms with Crippen molar-refractivity contribution in [3.05, 3.63) is 36.0 Å². The van der Waals surface area contributed by atoms with Gasteiger partial charge in [0.25, 0.3) is 0 Å². The van der Waals surface area contributed by atoms with Crippen LogP contribution in [-0.2, 0) is 17.8 Å². The largest absolute Gasteiger partial charge is 0.376 e. The van der Waals surface area contributed by atoms with Crippen molar-refractivity contribution >= 4 is 10.9 Å². The van der Waals surface area contributed by atoms with Crippen LogP contribution in [0, 0.1) is 5.92 Å². The second-order valence-electron chi connectivity index (χ2n) is 6.48. The zero-order chi connectivity index (χ0) is 14.7. The van der Waals surface area contributed by atoms with Crippen LogP contribution in [-0.4, -0.2) is 23.8 Å². The van der Waals surface area contributed by atoms with Gasteiger partial charge in [-0.15, -0.1) is 0 Å². The van der Waals surface area contributed by atoms with Gasteiger partial charge in [0.15, 0.2) is 0 Å². The van der Waals surface area contributed by atoms with Crippen molar-refractivity contribution in [1.82, 2.24) is 9.88 Å². The van der Waals surface area contributed by atoms with Gasteiger partial charge in [-0.25, -0.2) is 0 Å². The number of benzene rings is 1. The van der Waals surface area contributed by atoms with Crippen molar-refractivity contribution in [2.24, 2.45) is 5.92 Å². The summed E-state index contributed by atoms with van der Waals surface area (Å²) in [6.07, 6.45) is 4.98. The summed E-state index contributed by atoms with van der Waals surface area (Å²) in [4.78, 5) is 0. The molecule has 3 heteroatoms. The van der Waals surface area contributed by atoms with Gasteiger partial charge in [0.1, 0.15) is 0 Å². The number of rotatable bonds is 6. The van der Waals surface area contributed by atoms with Crippen LogP contribution in [0.3, 0.4) is 0 Å². The average molecular weight is 286 g/mol. The minimum absolute atomic E-state index is 0.386. The molecule has 0 bridgehead atoms. The van der Waals surface area contributed by atoms with Gasteiger partial charge >= 0.3 is 0 Å². The highest BCUT2D eigenvalue weighted by Crippen LogP contribution is 2.23. The molecular weight excluding hydrogens is 260 g/mol. The third kappa shape index (κ3) is 3.47. The molecule has 21 heavy (non-hydrogen) atoms. The van der Waals surface area contributed by atoms with E-state index in [1.165, 1.54) is 29.3 Å². The summed E-state index contributed by atoms with van der Waals surface area (Å²) in [5, 5.41) is 4.89. The van der Waals surface area contributed by atoms with Crippen LogP contribution >= 0.6 is 0 Å². The van der Waals surface area contributed by atoms with E-state index in [4.69, 9.17) is 4.74 Å². The Kier molecular flexibility index (Phi) is 4.61. The number of nitrogens with one attached hydrogen (secondary N) is 1. The van der Waals surface area contributed by atoms with E-state index in [2.05, 4.69) is 54.2 Å². The fourth-order valence-electron chi connectivity index (χ4n) is 3.14. The van der Waals surface area contributed by atoms with Gasteiger partial charge < -0.3 is 14.6 Å². The fraction of sp³-hybridized carbons (Fsp3) is 0.556. The van der Waals surface area contributed by atoms with Crippen molar-refractivity contribution in [3.63, 3.8) is 0 Å². The van der Waals surface area contributed by atoms with Crippen molar-refractivity contribution in [2.45, 2.75) is 45.9 Å². The third-order valence-electron chi connectivity index (χ3n) is 4.16. The number of fused-ring (bicyclic) bond motifs is 1. The fourth-order valence-corrected chi connectivity index (χ4v) is 3.14. The molecule has 2 aromatic rings. The van der Waals surface area contributed by atoms with Crippen LogP contribution in [0.5, 0.6) is 0 Å². The molecule has 1 N–H and O–H groups in total. The van der Waals surface area contributed by atoms with Gasteiger partial charge in [0, 0.05) is 25.9 Å². The smallest absolute Gasteiger partial charge is 0.0754 e. The molecule has 0 aliphatic carbocycles. The Hall–Kier alpha value is -1.32. The molecule has 114 valence electrons. The second-order valence-corrected chi connectivity index (χ2v) is 6.48. The molecule has 1 unspecified atom stereocenters. The van der Waals surface area contributed by atoms with Crippen LogP contribution in [0.4, 0.5) is 0 Å². The summed E-state index contributed by atoms with van der Waals surface area (Å²) in [7, 11) is 0. The maximum absolute atomic E-state index is 5.79. The molecular formula is C18H26N2O. The summed E-state index contributed by atoms with van der Waals surface area (Å²) < 4.78 is 8.16. The van der Waals surface area contributed by atoms with Crippen LogP contribution in [0.1, 0.15) is 32.3 Å². The highest BCUT2D eigenvalue weighted by Gasteiger charge is 2.17. The number of hydrogen-bond donors (Lipinski definition) is 1. The lowest BCUT2D eigenvalue weighted by Gasteiger charge is -2.15. The number of aromatic nitrogens is 1. The number of para-hydroxylation sites is 1. The molecule has 1 aromatic carbocycles. The Morgan fingerprint density at radius 3 is 3.00 bits per heavy atom. The van der Waals surface area contributed by atoms with E-state index in [0.29, 0.717) is 12.0 Å². The highest BCUT2D eigenvalue weighted by molar-refractivity contribution is 5.83. The molecule has 0 amide bonds. The van der Waals surface area contributed by atoms with E-state index in [9.17, 15) is 0 Å². The third-order valence-corrected chi connectivity index (χ3v) is 4.16. The first kappa shape index (κ1) is 14.6. The van der Waals surface area contributed by atoms with Gasteiger partial charge in [0.2, 0.25) is 0 Å². The van der Waals surface area contributed by atoms with Crippen LogP contribution < -0.4 is 5.32 Å². The maximum atomic E-state index is 5.79. The summed E-state index contributed by atoms with van der Waals surface area (Å²) in [5.74, 6) is 0.683. The minimum Gasteiger partial charge on any atom is -0.376 e. The molecule has 1 atom stereocenters. The molecule has 0 radical (unpaired) electrons. The van der Waals surface area contributed by atoms with Crippen LogP contribution in [0.2, 0.25) is 0 Å². The Morgan fingerprint density at radius 1 is 1.33 bits per heavy atom. The SMILES string of the molecule is CC(C)CNCc1cccc2ccn(CC3CCCO3)c12. The van der Waals surface area contributed by atoms with E-state index in [0.717, 1.165) is 26.2 Å². The van der Waals surface area contributed by atoms with E-state index >= 15 is 0 Å². The van der Waals surface area contributed by atoms with E-state index < -0.39 is 0 Å². The zero-order valence-corrected chi connectivity index (χ0v) is 13.1. The van der Waals surface area contributed by atoms with Gasteiger partial charge in [-0.3, -0.25) is 0 Å². The van der Waals surface area contributed by atoms with Gasteiger partial charge in [0.05, 0.1) is 11.6 Å². The molecule has 2 heterocycles. The Morgan fingerprint density at radius 2 is 2.24 bits per heavy atom. The quantitative estimate of drug-likeness (QED) is 0.878. The Bertz CT molecular complexity index is 582. The lowest BCUT2D eigenvalue weighted by molar-refractivity contribution is 0.0980. The lowest BCUT2D eigenvalue weighted by atomic mass is 10.1. The second kappa shape index (κ2) is 6.63. The van der Waals surface area contributed by atoms with Crippen LogP contribution in [0.25, 0.3) is 10.9 Å². The standard InChI is InChI=1S/C18H26N2O/c1-14(2)11-19-12-16-6-3-5-15-8-9-20(18(15)16)13-17-7-4-10-21-17/h3,5-6,8-9,14,17,19H,4,7,10-13H2,1-2H3. The lowest BCUT2D eigenvalue weighted by Crippen LogP contribution is -2.20. The number of nitrogens with zero attached hydrogens (tertiary/aromatic N) is 1. The van der Waals surface area contributed by atoms with Gasteiger partial charge in [-0.05, 0) is 42.3 Å². The Balaban J connectivity index is 1.80. The molecule has 1 aliphatic rings. The Labute approximate surface area is 127 Å². The predicted octanol–water partition coefficient (Wildman–Crippen LogP) is 3.57. The molecule has 1 fully saturated rings. The normalized spacial score (nSPS) is 18.9. The molecule has 0 saturated carbocycles. The van der Waals surface area contributed by atoms with Crippen molar-refractivity contribution in [1.29, 1.82) is 0 Å². The van der Waals surface area contributed by atoms with E-state index in [1.807, 2.05) is 0 Å². The molecule has 3 rings (SSSR count). The van der Waals surface area contributed by atoms with E-state index in [1.54, 1.807) is 0 Å².